The first kappa shape index (κ1) is 14.7. The lowest BCUT2D eigenvalue weighted by Crippen LogP contribution is -2.44. The molecule has 0 bridgehead atoms. The summed E-state index contributed by atoms with van der Waals surface area (Å²) in [5.74, 6) is -0.0824. The van der Waals surface area contributed by atoms with E-state index in [0.717, 1.165) is 0 Å². The van der Waals surface area contributed by atoms with Gasteiger partial charge in [-0.05, 0) is 38.1 Å². The molecule has 2 rings (SSSR count). The molecule has 0 radical (unpaired) electrons. The fraction of sp³-hybridized carbons (Fsp3) is 0.429. The van der Waals surface area contributed by atoms with Crippen LogP contribution in [0.1, 0.15) is 24.2 Å². The molecule has 0 aliphatic carbocycles. The molecule has 1 aliphatic heterocycles. The Balaban J connectivity index is 2.19. The third kappa shape index (κ3) is 2.90. The van der Waals surface area contributed by atoms with Gasteiger partial charge in [-0.15, -0.1) is 11.8 Å². The van der Waals surface area contributed by atoms with Crippen molar-refractivity contribution in [2.75, 3.05) is 12.4 Å². The number of benzene rings is 1. The zero-order valence-corrected chi connectivity index (χ0v) is 12.2. The Bertz CT molecular complexity index is 502. The highest BCUT2D eigenvalue weighted by Crippen LogP contribution is 2.30. The van der Waals surface area contributed by atoms with Crippen LogP contribution in [-0.4, -0.2) is 45.7 Å². The van der Waals surface area contributed by atoms with Gasteiger partial charge in [-0.1, -0.05) is 0 Å². The van der Waals surface area contributed by atoms with Crippen LogP contribution in [0, 0.1) is 0 Å². The molecular formula is C14H17NO4S. The smallest absolute Gasteiger partial charge is 0.327 e. The number of aliphatic carboxylic acids is 1. The molecule has 1 aromatic rings. The fourth-order valence-corrected chi connectivity index (χ4v) is 3.32. The second kappa shape index (κ2) is 6.17. The Morgan fingerprint density at radius 3 is 2.60 bits per heavy atom. The zero-order chi connectivity index (χ0) is 14.7. The molecule has 0 saturated carbocycles. The molecule has 6 heteroatoms. The van der Waals surface area contributed by atoms with Crippen molar-refractivity contribution in [1.82, 2.24) is 4.90 Å². The van der Waals surface area contributed by atoms with Crippen LogP contribution in [0.5, 0.6) is 5.75 Å². The lowest BCUT2D eigenvalue weighted by Gasteiger charge is -2.25. The van der Waals surface area contributed by atoms with E-state index in [1.54, 1.807) is 24.3 Å². The van der Waals surface area contributed by atoms with Gasteiger partial charge in [0.25, 0.3) is 5.91 Å². The molecule has 5 nitrogen and oxygen atoms in total. The van der Waals surface area contributed by atoms with Crippen LogP contribution in [0.4, 0.5) is 0 Å². The van der Waals surface area contributed by atoms with Gasteiger partial charge in [0.1, 0.15) is 11.8 Å². The summed E-state index contributed by atoms with van der Waals surface area (Å²) in [4.78, 5) is 25.1. The van der Waals surface area contributed by atoms with E-state index < -0.39 is 12.0 Å². The first-order valence-electron chi connectivity index (χ1n) is 6.44. The minimum atomic E-state index is -0.957. The van der Waals surface area contributed by atoms with Crippen molar-refractivity contribution >= 4 is 23.6 Å². The van der Waals surface area contributed by atoms with Gasteiger partial charge in [-0.2, -0.15) is 0 Å². The van der Waals surface area contributed by atoms with Gasteiger partial charge in [0.15, 0.2) is 0 Å². The molecule has 0 aromatic heterocycles. The van der Waals surface area contributed by atoms with Crippen LogP contribution < -0.4 is 4.74 Å². The van der Waals surface area contributed by atoms with E-state index in [1.807, 2.05) is 13.8 Å². The van der Waals surface area contributed by atoms with Gasteiger partial charge in [0, 0.05) is 11.3 Å². The van der Waals surface area contributed by atoms with Crippen LogP contribution in [0.25, 0.3) is 0 Å². The molecule has 2 unspecified atom stereocenters. The lowest BCUT2D eigenvalue weighted by atomic mass is 10.1. The summed E-state index contributed by atoms with van der Waals surface area (Å²) in [7, 11) is 0. The third-order valence-electron chi connectivity index (χ3n) is 3.15. The maximum atomic E-state index is 12.4. The number of carbonyl (C=O) groups is 2. The van der Waals surface area contributed by atoms with E-state index in [-0.39, 0.29) is 11.3 Å². The van der Waals surface area contributed by atoms with Crippen molar-refractivity contribution in [1.29, 1.82) is 0 Å². The SMILES string of the molecule is CCOc1ccc(C(=O)N2C(C)SCC2C(=O)O)cc1. The molecule has 1 N–H and O–H groups in total. The maximum Gasteiger partial charge on any atom is 0.327 e. The maximum absolute atomic E-state index is 12.4. The molecule has 108 valence electrons. The number of carboxylic acid groups (broad SMARTS) is 1. The van der Waals surface area contributed by atoms with Crippen molar-refractivity contribution in [3.63, 3.8) is 0 Å². The molecule has 1 amide bonds. The highest BCUT2D eigenvalue weighted by Gasteiger charge is 2.39. The Hall–Kier alpha value is -1.69. The van der Waals surface area contributed by atoms with E-state index in [0.29, 0.717) is 23.7 Å². The molecule has 0 spiro atoms. The molecule has 1 aromatic carbocycles. The topological polar surface area (TPSA) is 66.8 Å². The van der Waals surface area contributed by atoms with Crippen LogP contribution in [0.15, 0.2) is 24.3 Å². The number of carboxylic acids is 1. The Kier molecular flexibility index (Phi) is 4.54. The number of hydrogen-bond donors (Lipinski definition) is 1. The first-order chi connectivity index (χ1) is 9.54. The minimum Gasteiger partial charge on any atom is -0.494 e. The molecule has 1 saturated heterocycles. The normalized spacial score (nSPS) is 21.8. The third-order valence-corrected chi connectivity index (χ3v) is 4.37. The summed E-state index contributed by atoms with van der Waals surface area (Å²) >= 11 is 1.48. The van der Waals surface area contributed by atoms with E-state index >= 15 is 0 Å². The van der Waals surface area contributed by atoms with Gasteiger partial charge < -0.3 is 14.7 Å². The molecular weight excluding hydrogens is 278 g/mol. The van der Waals surface area contributed by atoms with Gasteiger partial charge >= 0.3 is 5.97 Å². The summed E-state index contributed by atoms with van der Waals surface area (Å²) in [6.45, 7) is 4.30. The van der Waals surface area contributed by atoms with Crippen molar-refractivity contribution in [3.05, 3.63) is 29.8 Å². The quantitative estimate of drug-likeness (QED) is 0.921. The first-order valence-corrected chi connectivity index (χ1v) is 7.49. The van der Waals surface area contributed by atoms with Crippen molar-refractivity contribution in [3.8, 4) is 5.75 Å². The minimum absolute atomic E-state index is 0.129. The molecule has 1 fully saturated rings. The monoisotopic (exact) mass is 295 g/mol. The Morgan fingerprint density at radius 1 is 1.40 bits per heavy atom. The number of ether oxygens (including phenoxy) is 1. The van der Waals surface area contributed by atoms with E-state index in [9.17, 15) is 14.7 Å². The molecule has 1 aliphatic rings. The zero-order valence-electron chi connectivity index (χ0n) is 11.4. The molecule has 1 heterocycles. The van der Waals surface area contributed by atoms with E-state index in [2.05, 4.69) is 0 Å². The highest BCUT2D eigenvalue weighted by molar-refractivity contribution is 8.00. The number of thioether (sulfide) groups is 1. The van der Waals surface area contributed by atoms with Crippen LogP contribution in [-0.2, 0) is 4.79 Å². The van der Waals surface area contributed by atoms with Crippen LogP contribution in [0.3, 0.4) is 0 Å². The number of carbonyl (C=O) groups excluding carboxylic acids is 1. The van der Waals surface area contributed by atoms with Crippen molar-refractivity contribution in [2.45, 2.75) is 25.3 Å². The van der Waals surface area contributed by atoms with Crippen LogP contribution in [0.2, 0.25) is 0 Å². The van der Waals surface area contributed by atoms with Crippen molar-refractivity contribution < 1.29 is 19.4 Å². The Morgan fingerprint density at radius 2 is 2.05 bits per heavy atom. The van der Waals surface area contributed by atoms with Gasteiger partial charge in [-0.3, -0.25) is 4.79 Å². The number of amides is 1. The standard InChI is InChI=1S/C14H17NO4S/c1-3-19-11-6-4-10(5-7-11)13(16)15-9(2)20-8-12(15)14(17)18/h4-7,9,12H,3,8H2,1-2H3,(H,17,18). The van der Waals surface area contributed by atoms with Gasteiger partial charge in [0.05, 0.1) is 12.0 Å². The summed E-state index contributed by atoms with van der Waals surface area (Å²) < 4.78 is 5.32. The highest BCUT2D eigenvalue weighted by atomic mass is 32.2. The fourth-order valence-electron chi connectivity index (χ4n) is 2.15. The second-order valence-corrected chi connectivity index (χ2v) is 5.81. The largest absolute Gasteiger partial charge is 0.494 e. The molecule has 20 heavy (non-hydrogen) atoms. The number of hydrogen-bond acceptors (Lipinski definition) is 4. The average molecular weight is 295 g/mol. The van der Waals surface area contributed by atoms with Gasteiger partial charge in [0.2, 0.25) is 0 Å². The van der Waals surface area contributed by atoms with Gasteiger partial charge in [-0.25, -0.2) is 4.79 Å². The summed E-state index contributed by atoms with van der Waals surface area (Å²) in [5.41, 5.74) is 0.481. The van der Waals surface area contributed by atoms with E-state index in [4.69, 9.17) is 4.74 Å². The predicted molar refractivity (Wildman–Crippen MR) is 77.1 cm³/mol. The molecule has 2 atom stereocenters. The lowest BCUT2D eigenvalue weighted by molar-refractivity contribution is -0.141. The predicted octanol–water partition coefficient (Wildman–Crippen LogP) is 2.07. The number of nitrogens with zero attached hydrogens (tertiary/aromatic N) is 1. The second-order valence-electron chi connectivity index (χ2n) is 4.46. The number of rotatable bonds is 4. The van der Waals surface area contributed by atoms with Crippen molar-refractivity contribution in [2.24, 2.45) is 0 Å². The summed E-state index contributed by atoms with van der Waals surface area (Å²) in [6, 6.07) is 6.03. The summed E-state index contributed by atoms with van der Waals surface area (Å²) in [6.07, 6.45) is 0. The average Bonchev–Trinajstić information content (AvgIpc) is 2.81. The van der Waals surface area contributed by atoms with Crippen LogP contribution >= 0.6 is 11.8 Å². The summed E-state index contributed by atoms with van der Waals surface area (Å²) in [5, 5.41) is 9.05. The van der Waals surface area contributed by atoms with E-state index in [1.165, 1.54) is 16.7 Å². The Labute approximate surface area is 121 Å².